The summed E-state index contributed by atoms with van der Waals surface area (Å²) in [7, 11) is 1.71. The predicted molar refractivity (Wildman–Crippen MR) is 83.6 cm³/mol. The number of hydrogen-bond acceptors (Lipinski definition) is 1. The van der Waals surface area contributed by atoms with Crippen LogP contribution in [0, 0.1) is 0 Å². The van der Waals surface area contributed by atoms with Gasteiger partial charge in [-0.05, 0) is 34.5 Å². The molecule has 0 aliphatic carbocycles. The minimum atomic E-state index is 0.904. The molecule has 94 valence electrons. The smallest absolute Gasteiger partial charge is 0.127 e. The van der Waals surface area contributed by atoms with Gasteiger partial charge in [-0.15, -0.1) is 0 Å². The normalized spacial score (nSPS) is 10.6. The minimum Gasteiger partial charge on any atom is -0.496 e. The van der Waals surface area contributed by atoms with E-state index in [9.17, 15) is 0 Å². The second-order valence-corrected chi connectivity index (χ2v) is 5.29. The molecule has 1 nitrogen and oxygen atoms in total. The average molecular weight is 313 g/mol. The maximum Gasteiger partial charge on any atom is 0.127 e. The Labute approximate surface area is 121 Å². The van der Waals surface area contributed by atoms with Crippen molar-refractivity contribution in [1.29, 1.82) is 0 Å². The third kappa shape index (κ3) is 2.24. The van der Waals surface area contributed by atoms with Crippen molar-refractivity contribution in [3.63, 3.8) is 0 Å². The summed E-state index contributed by atoms with van der Waals surface area (Å²) in [6, 6.07) is 20.8. The van der Waals surface area contributed by atoms with E-state index >= 15 is 0 Å². The van der Waals surface area contributed by atoms with Crippen LogP contribution in [0.3, 0.4) is 0 Å². The van der Waals surface area contributed by atoms with E-state index in [0.29, 0.717) is 0 Å². The highest BCUT2D eigenvalue weighted by Crippen LogP contribution is 2.37. The van der Waals surface area contributed by atoms with Gasteiger partial charge in [-0.2, -0.15) is 0 Å². The van der Waals surface area contributed by atoms with E-state index in [0.717, 1.165) is 15.8 Å². The fraction of sp³-hybridized carbons (Fsp3) is 0.0588. The highest BCUT2D eigenvalue weighted by molar-refractivity contribution is 9.10. The van der Waals surface area contributed by atoms with Gasteiger partial charge >= 0.3 is 0 Å². The first-order valence-corrected chi connectivity index (χ1v) is 6.90. The molecular weight excluding hydrogens is 300 g/mol. The number of fused-ring (bicyclic) bond motifs is 1. The Balaban J connectivity index is 2.37. The highest BCUT2D eigenvalue weighted by Gasteiger charge is 2.10. The number of benzene rings is 3. The van der Waals surface area contributed by atoms with Gasteiger partial charge in [-0.25, -0.2) is 0 Å². The van der Waals surface area contributed by atoms with Gasteiger partial charge in [0.2, 0.25) is 0 Å². The monoisotopic (exact) mass is 312 g/mol. The summed E-state index contributed by atoms with van der Waals surface area (Å²) in [5, 5.41) is 2.41. The molecule has 0 bridgehead atoms. The van der Waals surface area contributed by atoms with Crippen LogP contribution in [0.5, 0.6) is 5.75 Å². The fourth-order valence-corrected chi connectivity index (χ4v) is 2.73. The molecule has 0 aliphatic rings. The van der Waals surface area contributed by atoms with Gasteiger partial charge in [0, 0.05) is 10.0 Å². The van der Waals surface area contributed by atoms with Crippen LogP contribution in [0.4, 0.5) is 0 Å². The maximum atomic E-state index is 5.53. The Bertz CT molecular complexity index is 720. The lowest BCUT2D eigenvalue weighted by Crippen LogP contribution is -1.89. The standard InChI is InChI=1S/C17H13BrO/c1-19-16-10-7-13-11-14(18)8-9-15(13)17(16)12-5-3-2-4-6-12/h2-11H,1H3. The fourth-order valence-electron chi connectivity index (χ4n) is 2.35. The number of methoxy groups -OCH3 is 1. The number of rotatable bonds is 2. The Kier molecular flexibility index (Phi) is 3.26. The Morgan fingerprint density at radius 3 is 2.42 bits per heavy atom. The summed E-state index contributed by atoms with van der Waals surface area (Å²) in [6.45, 7) is 0. The Hall–Kier alpha value is -1.80. The molecule has 0 aromatic heterocycles. The molecule has 0 spiro atoms. The largest absolute Gasteiger partial charge is 0.496 e. The molecule has 0 saturated carbocycles. The molecular formula is C17H13BrO. The van der Waals surface area contributed by atoms with Crippen LogP contribution in [0.15, 0.2) is 65.1 Å². The lowest BCUT2D eigenvalue weighted by Gasteiger charge is -2.12. The summed E-state index contributed by atoms with van der Waals surface area (Å²) >= 11 is 3.52. The molecule has 3 aromatic rings. The number of halogens is 1. The molecule has 3 aromatic carbocycles. The van der Waals surface area contributed by atoms with Crippen LogP contribution < -0.4 is 4.74 Å². The van der Waals surface area contributed by atoms with Crippen LogP contribution in [0.25, 0.3) is 21.9 Å². The topological polar surface area (TPSA) is 9.23 Å². The molecule has 0 fully saturated rings. The molecule has 0 N–H and O–H groups in total. The van der Waals surface area contributed by atoms with Crippen molar-refractivity contribution in [3.05, 3.63) is 65.1 Å². The molecule has 19 heavy (non-hydrogen) atoms. The second-order valence-electron chi connectivity index (χ2n) is 4.37. The van der Waals surface area contributed by atoms with E-state index in [-0.39, 0.29) is 0 Å². The molecule has 0 aliphatic heterocycles. The minimum absolute atomic E-state index is 0.904. The number of ether oxygens (including phenoxy) is 1. The van der Waals surface area contributed by atoms with Crippen molar-refractivity contribution in [2.24, 2.45) is 0 Å². The van der Waals surface area contributed by atoms with E-state index in [1.54, 1.807) is 7.11 Å². The van der Waals surface area contributed by atoms with Crippen molar-refractivity contribution in [3.8, 4) is 16.9 Å². The zero-order valence-electron chi connectivity index (χ0n) is 10.6. The van der Waals surface area contributed by atoms with E-state index in [1.807, 2.05) is 24.3 Å². The van der Waals surface area contributed by atoms with Crippen molar-refractivity contribution in [2.45, 2.75) is 0 Å². The van der Waals surface area contributed by atoms with Gasteiger partial charge < -0.3 is 4.74 Å². The van der Waals surface area contributed by atoms with Crippen LogP contribution in [-0.4, -0.2) is 7.11 Å². The third-order valence-electron chi connectivity index (χ3n) is 3.23. The first kappa shape index (κ1) is 12.2. The van der Waals surface area contributed by atoms with Gasteiger partial charge in [0.15, 0.2) is 0 Å². The average Bonchev–Trinajstić information content (AvgIpc) is 2.46. The summed E-state index contributed by atoms with van der Waals surface area (Å²) in [6.07, 6.45) is 0. The predicted octanol–water partition coefficient (Wildman–Crippen LogP) is 5.28. The third-order valence-corrected chi connectivity index (χ3v) is 3.72. The lowest BCUT2D eigenvalue weighted by atomic mass is 9.97. The maximum absolute atomic E-state index is 5.53. The van der Waals surface area contributed by atoms with E-state index < -0.39 is 0 Å². The first-order valence-electron chi connectivity index (χ1n) is 6.11. The van der Waals surface area contributed by atoms with Gasteiger partial charge in [-0.1, -0.05) is 58.4 Å². The van der Waals surface area contributed by atoms with Crippen LogP contribution in [0.1, 0.15) is 0 Å². The van der Waals surface area contributed by atoms with Crippen LogP contribution in [0.2, 0.25) is 0 Å². The Morgan fingerprint density at radius 2 is 1.68 bits per heavy atom. The van der Waals surface area contributed by atoms with E-state index in [4.69, 9.17) is 4.74 Å². The summed E-state index contributed by atoms with van der Waals surface area (Å²) in [4.78, 5) is 0. The van der Waals surface area contributed by atoms with Crippen LogP contribution >= 0.6 is 15.9 Å². The zero-order valence-corrected chi connectivity index (χ0v) is 12.1. The lowest BCUT2D eigenvalue weighted by molar-refractivity contribution is 0.417. The Morgan fingerprint density at radius 1 is 0.895 bits per heavy atom. The van der Waals surface area contributed by atoms with Gasteiger partial charge in [-0.3, -0.25) is 0 Å². The van der Waals surface area contributed by atoms with Crippen molar-refractivity contribution >= 4 is 26.7 Å². The molecule has 0 saturated heterocycles. The molecule has 3 rings (SSSR count). The van der Waals surface area contributed by atoms with E-state index in [1.165, 1.54) is 16.3 Å². The molecule has 0 amide bonds. The van der Waals surface area contributed by atoms with Crippen molar-refractivity contribution in [2.75, 3.05) is 7.11 Å². The van der Waals surface area contributed by atoms with Gasteiger partial charge in [0.25, 0.3) is 0 Å². The van der Waals surface area contributed by atoms with Crippen LogP contribution in [-0.2, 0) is 0 Å². The van der Waals surface area contributed by atoms with Gasteiger partial charge in [0.1, 0.15) is 5.75 Å². The first-order chi connectivity index (χ1) is 9.29. The summed E-state index contributed by atoms with van der Waals surface area (Å²) in [5.74, 6) is 0.904. The number of hydrogen-bond donors (Lipinski definition) is 0. The molecule has 0 radical (unpaired) electrons. The molecule has 2 heteroatoms. The van der Waals surface area contributed by atoms with Gasteiger partial charge in [0.05, 0.1) is 7.11 Å². The van der Waals surface area contributed by atoms with Crippen molar-refractivity contribution < 1.29 is 4.74 Å². The van der Waals surface area contributed by atoms with E-state index in [2.05, 4.69) is 52.3 Å². The van der Waals surface area contributed by atoms with Crippen molar-refractivity contribution in [1.82, 2.24) is 0 Å². The summed E-state index contributed by atoms with van der Waals surface area (Å²) in [5.41, 5.74) is 2.32. The molecule has 0 unspecified atom stereocenters. The SMILES string of the molecule is COc1ccc2cc(Br)ccc2c1-c1ccccc1. The zero-order chi connectivity index (χ0) is 13.2. The second kappa shape index (κ2) is 5.06. The quantitative estimate of drug-likeness (QED) is 0.625. The highest BCUT2D eigenvalue weighted by atomic mass is 79.9. The molecule has 0 heterocycles. The molecule has 0 atom stereocenters. The summed E-state index contributed by atoms with van der Waals surface area (Å²) < 4.78 is 6.61.